The molecule has 2 nitrogen and oxygen atoms in total. The zero-order valence-electron chi connectivity index (χ0n) is 6.43. The van der Waals surface area contributed by atoms with Gasteiger partial charge in [0.25, 0.3) is 0 Å². The highest BCUT2D eigenvalue weighted by Crippen LogP contribution is 2.16. The molecule has 2 N–H and O–H groups in total. The van der Waals surface area contributed by atoms with Crippen LogP contribution in [0.4, 0.5) is 13.2 Å². The Morgan fingerprint density at radius 2 is 1.75 bits per heavy atom. The van der Waals surface area contributed by atoms with Crippen molar-refractivity contribution in [1.29, 1.82) is 0 Å². The second kappa shape index (κ2) is 6.02. The molecule has 0 aromatic rings. The minimum Gasteiger partial charge on any atom is -0.396 e. The fraction of sp³-hybridized carbons (Fsp3) is 0.714. The molecule has 0 spiro atoms. The zero-order chi connectivity index (χ0) is 9.56. The van der Waals surface area contributed by atoms with Crippen LogP contribution in [0.1, 0.15) is 19.3 Å². The van der Waals surface area contributed by atoms with E-state index in [9.17, 15) is 13.2 Å². The van der Waals surface area contributed by atoms with E-state index in [1.54, 1.807) is 0 Å². The number of hydrogen-bond donors (Lipinski definition) is 2. The minimum absolute atomic E-state index is 0.0845. The van der Waals surface area contributed by atoms with Crippen molar-refractivity contribution in [2.24, 2.45) is 0 Å². The first-order valence-corrected chi connectivity index (χ1v) is 3.56. The lowest BCUT2D eigenvalue weighted by atomic mass is 10.1. The highest BCUT2D eigenvalue weighted by molar-refractivity contribution is 4.91. The Bertz CT molecular complexity index is 155. The van der Waals surface area contributed by atoms with E-state index in [1.807, 2.05) is 0 Å². The number of allylic oxidation sites excluding steroid dienone is 1. The van der Waals surface area contributed by atoms with Crippen molar-refractivity contribution >= 4 is 0 Å². The SMILES string of the molecule is OCC[C@H](O)CCC(F)=C(F)F. The molecule has 12 heavy (non-hydrogen) atoms. The largest absolute Gasteiger partial charge is 0.396 e. The summed E-state index contributed by atoms with van der Waals surface area (Å²) in [6, 6.07) is 0. The van der Waals surface area contributed by atoms with Crippen molar-refractivity contribution in [1.82, 2.24) is 0 Å². The molecule has 0 amide bonds. The van der Waals surface area contributed by atoms with Crippen LogP contribution in [0.15, 0.2) is 11.9 Å². The Labute approximate surface area is 68.3 Å². The molecule has 0 aromatic heterocycles. The van der Waals surface area contributed by atoms with Crippen molar-refractivity contribution in [2.45, 2.75) is 25.4 Å². The maximum Gasteiger partial charge on any atom is 0.301 e. The van der Waals surface area contributed by atoms with Gasteiger partial charge in [-0.15, -0.1) is 0 Å². The van der Waals surface area contributed by atoms with Gasteiger partial charge in [0.1, 0.15) is 0 Å². The van der Waals surface area contributed by atoms with E-state index in [0.29, 0.717) is 0 Å². The average molecular weight is 184 g/mol. The summed E-state index contributed by atoms with van der Waals surface area (Å²) >= 11 is 0. The maximum absolute atomic E-state index is 12.1. The van der Waals surface area contributed by atoms with Crippen molar-refractivity contribution in [3.8, 4) is 0 Å². The van der Waals surface area contributed by atoms with E-state index in [4.69, 9.17) is 10.2 Å². The molecule has 0 saturated heterocycles. The van der Waals surface area contributed by atoms with Crippen LogP contribution >= 0.6 is 0 Å². The van der Waals surface area contributed by atoms with Gasteiger partial charge >= 0.3 is 6.08 Å². The molecule has 0 aliphatic carbocycles. The van der Waals surface area contributed by atoms with Crippen LogP contribution in [-0.2, 0) is 0 Å². The third-order valence-electron chi connectivity index (χ3n) is 1.36. The summed E-state index contributed by atoms with van der Waals surface area (Å²) in [4.78, 5) is 0. The molecule has 1 atom stereocenters. The molecular formula is C7H11F3O2. The molecule has 0 unspecified atom stereocenters. The molecular weight excluding hydrogens is 173 g/mol. The Balaban J connectivity index is 3.61. The minimum atomic E-state index is -2.34. The van der Waals surface area contributed by atoms with Gasteiger partial charge in [0.05, 0.1) is 6.10 Å². The van der Waals surface area contributed by atoms with Gasteiger partial charge in [0.15, 0.2) is 5.83 Å². The molecule has 0 saturated carbocycles. The van der Waals surface area contributed by atoms with E-state index in [1.165, 1.54) is 0 Å². The van der Waals surface area contributed by atoms with Crippen LogP contribution in [0, 0.1) is 0 Å². The van der Waals surface area contributed by atoms with E-state index in [-0.39, 0.29) is 19.4 Å². The highest BCUT2D eigenvalue weighted by Gasteiger charge is 2.08. The first kappa shape index (κ1) is 11.4. The third kappa shape index (κ3) is 5.15. The van der Waals surface area contributed by atoms with Crippen LogP contribution in [0.2, 0.25) is 0 Å². The smallest absolute Gasteiger partial charge is 0.301 e. The molecule has 0 aliphatic rings. The molecule has 0 bridgehead atoms. The third-order valence-corrected chi connectivity index (χ3v) is 1.36. The van der Waals surface area contributed by atoms with E-state index in [2.05, 4.69) is 0 Å². The first-order valence-electron chi connectivity index (χ1n) is 3.56. The molecule has 0 fully saturated rings. The normalized spacial score (nSPS) is 12.8. The van der Waals surface area contributed by atoms with Crippen molar-refractivity contribution < 1.29 is 23.4 Å². The van der Waals surface area contributed by atoms with Gasteiger partial charge in [-0.25, -0.2) is 4.39 Å². The lowest BCUT2D eigenvalue weighted by molar-refractivity contribution is 0.123. The van der Waals surface area contributed by atoms with Crippen LogP contribution in [0.25, 0.3) is 0 Å². The molecule has 72 valence electrons. The Morgan fingerprint density at radius 1 is 1.17 bits per heavy atom. The van der Waals surface area contributed by atoms with Crippen LogP contribution in [-0.4, -0.2) is 22.9 Å². The van der Waals surface area contributed by atoms with Gasteiger partial charge in [0, 0.05) is 13.0 Å². The van der Waals surface area contributed by atoms with Crippen LogP contribution in [0.3, 0.4) is 0 Å². The topological polar surface area (TPSA) is 40.5 Å². The summed E-state index contributed by atoms with van der Waals surface area (Å²) in [6.07, 6.45) is -3.75. The number of hydrogen-bond acceptors (Lipinski definition) is 2. The van der Waals surface area contributed by atoms with E-state index < -0.39 is 24.4 Å². The summed E-state index contributed by atoms with van der Waals surface area (Å²) in [5, 5.41) is 17.2. The summed E-state index contributed by atoms with van der Waals surface area (Å²) in [6.45, 7) is -0.232. The Morgan fingerprint density at radius 3 is 2.17 bits per heavy atom. The van der Waals surface area contributed by atoms with Crippen LogP contribution < -0.4 is 0 Å². The summed E-state index contributed by atoms with van der Waals surface area (Å²) < 4.78 is 35.0. The van der Waals surface area contributed by atoms with Crippen molar-refractivity contribution in [3.05, 3.63) is 11.9 Å². The fourth-order valence-electron chi connectivity index (χ4n) is 0.681. The lowest BCUT2D eigenvalue weighted by Gasteiger charge is -2.06. The van der Waals surface area contributed by atoms with E-state index in [0.717, 1.165) is 0 Å². The molecule has 0 rings (SSSR count). The molecule has 0 heterocycles. The predicted molar refractivity (Wildman–Crippen MR) is 37.3 cm³/mol. The van der Waals surface area contributed by atoms with Gasteiger partial charge in [-0.1, -0.05) is 0 Å². The molecule has 0 aromatic carbocycles. The molecule has 0 radical (unpaired) electrons. The standard InChI is InChI=1S/C7H11F3O2/c8-6(7(9)10)2-1-5(12)3-4-11/h5,11-12H,1-4H2/t5-/m1/s1. The maximum atomic E-state index is 12.1. The monoisotopic (exact) mass is 184 g/mol. The quantitative estimate of drug-likeness (QED) is 0.681. The van der Waals surface area contributed by atoms with Gasteiger partial charge in [-0.05, 0) is 12.8 Å². The van der Waals surface area contributed by atoms with Gasteiger partial charge in [0.2, 0.25) is 0 Å². The van der Waals surface area contributed by atoms with Gasteiger partial charge in [-0.2, -0.15) is 8.78 Å². The Kier molecular flexibility index (Phi) is 5.74. The number of aliphatic hydroxyl groups is 2. The highest BCUT2D eigenvalue weighted by atomic mass is 19.3. The van der Waals surface area contributed by atoms with Crippen molar-refractivity contribution in [3.63, 3.8) is 0 Å². The fourth-order valence-corrected chi connectivity index (χ4v) is 0.681. The average Bonchev–Trinajstić information content (AvgIpc) is 2.00. The summed E-state index contributed by atoms with van der Waals surface area (Å²) in [5.74, 6) is -1.49. The number of halogens is 3. The zero-order valence-corrected chi connectivity index (χ0v) is 6.43. The second-order valence-electron chi connectivity index (χ2n) is 2.37. The van der Waals surface area contributed by atoms with Gasteiger partial charge < -0.3 is 10.2 Å². The predicted octanol–water partition coefficient (Wildman–Crippen LogP) is 1.59. The van der Waals surface area contributed by atoms with E-state index >= 15 is 0 Å². The second-order valence-corrected chi connectivity index (χ2v) is 2.37. The molecule has 5 heteroatoms. The summed E-state index contributed by atoms with van der Waals surface area (Å²) in [7, 11) is 0. The first-order chi connectivity index (χ1) is 5.57. The molecule has 0 aliphatic heterocycles. The van der Waals surface area contributed by atoms with Crippen molar-refractivity contribution in [2.75, 3.05) is 6.61 Å². The number of rotatable bonds is 5. The summed E-state index contributed by atoms with van der Waals surface area (Å²) in [5.41, 5.74) is 0. The van der Waals surface area contributed by atoms with Gasteiger partial charge in [-0.3, -0.25) is 0 Å². The Hall–Kier alpha value is -0.550. The lowest BCUT2D eigenvalue weighted by Crippen LogP contribution is -2.08. The number of aliphatic hydroxyl groups excluding tert-OH is 2. The van der Waals surface area contributed by atoms with Crippen LogP contribution in [0.5, 0.6) is 0 Å².